The average Bonchev–Trinajstić information content (AvgIpc) is 2.05. The molecule has 1 saturated heterocycles. The van der Waals surface area contributed by atoms with Gasteiger partial charge in [-0.3, -0.25) is 4.79 Å². The summed E-state index contributed by atoms with van der Waals surface area (Å²) in [5, 5.41) is 0. The lowest BCUT2D eigenvalue weighted by atomic mass is 9.99. The van der Waals surface area contributed by atoms with Crippen LogP contribution in [0.15, 0.2) is 0 Å². The highest BCUT2D eigenvalue weighted by atomic mass is 32.2. The van der Waals surface area contributed by atoms with E-state index >= 15 is 0 Å². The maximum Gasteiger partial charge on any atom is 0.226 e. The highest BCUT2D eigenvalue weighted by Gasteiger charge is 2.27. The molecule has 12 heavy (non-hydrogen) atoms. The van der Waals surface area contributed by atoms with Crippen molar-refractivity contribution in [1.29, 1.82) is 0 Å². The van der Waals surface area contributed by atoms with Crippen LogP contribution in [0.1, 0.15) is 6.42 Å². The van der Waals surface area contributed by atoms with Gasteiger partial charge in [-0.25, -0.2) is 4.31 Å². The number of nitrogens with two attached hydrogens (primary N) is 1. The summed E-state index contributed by atoms with van der Waals surface area (Å²) in [6.07, 6.45) is 2.80. The molecule has 1 aliphatic heterocycles. The van der Waals surface area contributed by atoms with E-state index in [2.05, 4.69) is 4.31 Å². The molecular weight excluding hydrogens is 192 g/mol. The number of nitrogens with zero attached hydrogens (tertiary/aromatic N) is 1. The number of hydrogen-bond donors (Lipinski definition) is 1. The predicted molar refractivity (Wildman–Crippen MR) is 55.0 cm³/mol. The summed E-state index contributed by atoms with van der Waals surface area (Å²) in [6, 6.07) is 0. The van der Waals surface area contributed by atoms with Gasteiger partial charge in [0, 0.05) is 18.0 Å². The number of rotatable bonds is 2. The first-order chi connectivity index (χ1) is 5.65. The zero-order valence-electron chi connectivity index (χ0n) is 6.95. The van der Waals surface area contributed by atoms with Crippen molar-refractivity contribution in [2.75, 3.05) is 19.3 Å². The van der Waals surface area contributed by atoms with Crippen LogP contribution in [0.5, 0.6) is 0 Å². The van der Waals surface area contributed by atoms with Gasteiger partial charge in [-0.2, -0.15) is 0 Å². The zero-order valence-corrected chi connectivity index (χ0v) is 8.58. The van der Waals surface area contributed by atoms with E-state index in [9.17, 15) is 4.79 Å². The highest BCUT2D eigenvalue weighted by molar-refractivity contribution is 7.96. The minimum absolute atomic E-state index is 0.221. The molecule has 1 unspecified atom stereocenters. The lowest BCUT2D eigenvalue weighted by Gasteiger charge is -2.29. The summed E-state index contributed by atoms with van der Waals surface area (Å²) >= 11 is 6.70. The van der Waals surface area contributed by atoms with E-state index in [-0.39, 0.29) is 11.8 Å². The molecule has 1 aliphatic rings. The van der Waals surface area contributed by atoms with Crippen molar-refractivity contribution in [2.24, 2.45) is 11.7 Å². The second-order valence-electron chi connectivity index (χ2n) is 2.74. The molecule has 0 aromatic heterocycles. The molecule has 1 fully saturated rings. The molecule has 0 bridgehead atoms. The number of hydrogen-bond acceptors (Lipinski definition) is 4. The number of carbonyl (C=O) groups excluding carboxylic acids is 1. The molecule has 0 aromatic carbocycles. The second-order valence-corrected chi connectivity index (χ2v) is 4.15. The maximum absolute atomic E-state index is 10.9. The summed E-state index contributed by atoms with van der Waals surface area (Å²) in [4.78, 5) is 11.7. The molecular formula is C7H12N2OS2. The predicted octanol–water partition coefficient (Wildman–Crippen LogP) is 0.442. The lowest BCUT2D eigenvalue weighted by molar-refractivity contribution is -0.120. The van der Waals surface area contributed by atoms with Crippen LogP contribution in [0.25, 0.3) is 0 Å². The number of primary amides is 1. The van der Waals surface area contributed by atoms with Crippen molar-refractivity contribution in [3.05, 3.63) is 0 Å². The van der Waals surface area contributed by atoms with Crippen molar-refractivity contribution in [3.63, 3.8) is 0 Å². The lowest BCUT2D eigenvalue weighted by Crippen LogP contribution is -2.43. The second kappa shape index (κ2) is 4.20. The van der Waals surface area contributed by atoms with Crippen molar-refractivity contribution < 1.29 is 4.79 Å². The summed E-state index contributed by atoms with van der Waals surface area (Å²) in [6.45, 7) is 1.61. The largest absolute Gasteiger partial charge is 0.369 e. The van der Waals surface area contributed by atoms with Gasteiger partial charge in [0.25, 0.3) is 0 Å². The first kappa shape index (κ1) is 9.95. The fourth-order valence-corrected chi connectivity index (χ4v) is 2.07. The Morgan fingerprint density at radius 2 is 2.50 bits per heavy atom. The third-order valence-electron chi connectivity index (χ3n) is 1.98. The number of amides is 1. The Hall–Kier alpha value is -0.130. The molecule has 0 radical (unpaired) electrons. The molecule has 1 atom stereocenters. The fraction of sp³-hybridized carbons (Fsp3) is 0.714. The van der Waals surface area contributed by atoms with Crippen molar-refractivity contribution in [3.8, 4) is 0 Å². The molecule has 0 saturated carbocycles. The molecule has 1 heterocycles. The molecule has 3 nitrogen and oxygen atoms in total. The molecule has 0 spiro atoms. The zero-order chi connectivity index (χ0) is 9.14. The van der Waals surface area contributed by atoms with Crippen LogP contribution in [0.2, 0.25) is 0 Å². The first-order valence-electron chi connectivity index (χ1n) is 3.76. The van der Waals surface area contributed by atoms with Crippen LogP contribution >= 0.6 is 24.2 Å². The Bertz CT molecular complexity index is 208. The van der Waals surface area contributed by atoms with Gasteiger partial charge in [0.05, 0.1) is 5.92 Å². The third kappa shape index (κ3) is 2.18. The molecule has 0 aliphatic carbocycles. The van der Waals surface area contributed by atoms with Crippen molar-refractivity contribution >= 4 is 34.9 Å². The van der Waals surface area contributed by atoms with Crippen LogP contribution < -0.4 is 5.73 Å². The molecule has 1 rings (SSSR count). The summed E-state index contributed by atoms with van der Waals surface area (Å²) < 4.78 is 2.12. The van der Waals surface area contributed by atoms with Gasteiger partial charge in [0.2, 0.25) is 5.91 Å². The summed E-state index contributed by atoms with van der Waals surface area (Å²) in [7, 11) is 0. The fourth-order valence-electron chi connectivity index (χ4n) is 1.22. The van der Waals surface area contributed by atoms with Crippen LogP contribution in [-0.4, -0.2) is 34.4 Å². The highest BCUT2D eigenvalue weighted by Crippen LogP contribution is 2.19. The van der Waals surface area contributed by atoms with E-state index in [4.69, 9.17) is 18.0 Å². The van der Waals surface area contributed by atoms with E-state index in [1.165, 1.54) is 0 Å². The average molecular weight is 204 g/mol. The van der Waals surface area contributed by atoms with Gasteiger partial charge in [-0.15, -0.1) is 0 Å². The van der Waals surface area contributed by atoms with Crippen LogP contribution in [0.4, 0.5) is 0 Å². The summed E-state index contributed by atoms with van der Waals surface area (Å²) in [5.41, 5.74) is 5.21. The van der Waals surface area contributed by atoms with Gasteiger partial charge in [0.1, 0.15) is 0 Å². The standard InChI is InChI=1S/C7H12N2OS2/c1-12-9-3-2-6(11)5(4-9)7(8)10/h5H,2-4H2,1H3,(H2,8,10). The van der Waals surface area contributed by atoms with E-state index in [0.29, 0.717) is 6.54 Å². The quantitative estimate of drug-likeness (QED) is 0.524. The minimum atomic E-state index is -0.293. The van der Waals surface area contributed by atoms with E-state index in [0.717, 1.165) is 17.8 Å². The molecule has 5 heteroatoms. The Kier molecular flexibility index (Phi) is 3.49. The van der Waals surface area contributed by atoms with Gasteiger partial charge in [-0.05, 0) is 12.7 Å². The smallest absolute Gasteiger partial charge is 0.226 e. The normalized spacial score (nSPS) is 25.8. The Morgan fingerprint density at radius 3 is 3.00 bits per heavy atom. The number of carbonyl (C=O) groups is 1. The monoisotopic (exact) mass is 204 g/mol. The topological polar surface area (TPSA) is 46.3 Å². The van der Waals surface area contributed by atoms with Gasteiger partial charge in [0.15, 0.2) is 0 Å². The van der Waals surface area contributed by atoms with E-state index in [1.54, 1.807) is 11.9 Å². The van der Waals surface area contributed by atoms with Crippen LogP contribution in [-0.2, 0) is 4.79 Å². The number of thiocarbonyl (C=S) groups is 1. The van der Waals surface area contributed by atoms with Gasteiger partial charge >= 0.3 is 0 Å². The SMILES string of the molecule is CSN1CCC(=S)C(C(N)=O)C1. The molecule has 2 N–H and O–H groups in total. The van der Waals surface area contributed by atoms with Crippen molar-refractivity contribution in [2.45, 2.75) is 6.42 Å². The minimum Gasteiger partial charge on any atom is -0.369 e. The van der Waals surface area contributed by atoms with E-state index in [1.807, 2.05) is 6.26 Å². The summed E-state index contributed by atoms with van der Waals surface area (Å²) in [5.74, 6) is -0.514. The third-order valence-corrected chi connectivity index (χ3v) is 3.32. The van der Waals surface area contributed by atoms with E-state index < -0.39 is 0 Å². The molecule has 68 valence electrons. The number of piperidine rings is 1. The molecule has 0 aromatic rings. The van der Waals surface area contributed by atoms with Crippen LogP contribution in [0, 0.1) is 5.92 Å². The van der Waals surface area contributed by atoms with Crippen LogP contribution in [0.3, 0.4) is 0 Å². The first-order valence-corrected chi connectivity index (χ1v) is 5.35. The van der Waals surface area contributed by atoms with Gasteiger partial charge < -0.3 is 5.73 Å². The molecule has 1 amide bonds. The Balaban J connectivity index is 2.59. The maximum atomic E-state index is 10.9. The van der Waals surface area contributed by atoms with Crippen molar-refractivity contribution in [1.82, 2.24) is 4.31 Å². The Morgan fingerprint density at radius 1 is 1.83 bits per heavy atom. The van der Waals surface area contributed by atoms with Gasteiger partial charge in [-0.1, -0.05) is 24.2 Å². The Labute approximate surface area is 81.8 Å².